The molecule has 10 N–H and O–H groups in total. The zero-order valence-corrected chi connectivity index (χ0v) is 22.1. The standard InChI is InChI=1S/C27H32O15/c1-9-5-11-17(13(6-9)39-25-23(36)21(34)18(31)14(7-28)40-25)20(33)16-10(3-2-4-12(16)30)27(11,38)42-26-24(37)22(35)19(32)15(8-29)41-26/h2-6,14-15,18-19,21-26,28-32,34-38H,7-8H2,1H3. The summed E-state index contributed by atoms with van der Waals surface area (Å²) in [5.74, 6) is -4.44. The van der Waals surface area contributed by atoms with Crippen molar-refractivity contribution in [3.05, 3.63) is 58.1 Å². The van der Waals surface area contributed by atoms with Crippen LogP contribution in [0.4, 0.5) is 0 Å². The molecule has 230 valence electrons. The number of aliphatic hydroxyl groups excluding tert-OH is 8. The molecule has 0 bridgehead atoms. The van der Waals surface area contributed by atoms with Crippen LogP contribution in [-0.2, 0) is 20.0 Å². The lowest BCUT2D eigenvalue weighted by Gasteiger charge is -2.44. The number of benzene rings is 2. The van der Waals surface area contributed by atoms with E-state index < -0.39 is 103 Å². The van der Waals surface area contributed by atoms with Crippen LogP contribution in [0.2, 0.25) is 0 Å². The van der Waals surface area contributed by atoms with Gasteiger partial charge >= 0.3 is 0 Å². The maximum absolute atomic E-state index is 13.8. The van der Waals surface area contributed by atoms with Crippen molar-refractivity contribution in [3.63, 3.8) is 0 Å². The molecule has 0 spiro atoms. The molecular formula is C27H32O15. The zero-order chi connectivity index (χ0) is 30.7. The zero-order valence-electron chi connectivity index (χ0n) is 22.1. The minimum atomic E-state index is -2.69. The van der Waals surface area contributed by atoms with Gasteiger partial charge in [-0.25, -0.2) is 0 Å². The second kappa shape index (κ2) is 11.4. The van der Waals surface area contributed by atoms with Gasteiger partial charge in [0.1, 0.15) is 60.3 Å². The molecule has 3 aliphatic rings. The number of phenolic OH excluding ortho intramolecular Hbond substituents is 1. The first-order valence-corrected chi connectivity index (χ1v) is 13.0. The van der Waals surface area contributed by atoms with Gasteiger partial charge in [0, 0.05) is 11.1 Å². The number of ketones is 1. The van der Waals surface area contributed by atoms with Crippen LogP contribution >= 0.6 is 0 Å². The molecule has 15 heteroatoms. The number of carbonyl (C=O) groups excluding carboxylic acids is 1. The van der Waals surface area contributed by atoms with Gasteiger partial charge in [-0.05, 0) is 30.7 Å². The first kappa shape index (κ1) is 30.7. The second-order valence-electron chi connectivity index (χ2n) is 10.5. The average molecular weight is 597 g/mol. The SMILES string of the molecule is Cc1cc(OC2OC(CO)C(O)C(O)C2O)c2c(c1)C(O)(OC1OC(CO)C(O)C(O)C1O)c1cccc(O)c1C2=O. The third-order valence-electron chi connectivity index (χ3n) is 7.70. The Kier molecular flexibility index (Phi) is 8.31. The number of rotatable bonds is 6. The van der Waals surface area contributed by atoms with Crippen LogP contribution in [0.5, 0.6) is 11.5 Å². The third kappa shape index (κ3) is 4.86. The normalized spacial score (nSPS) is 38.1. The maximum atomic E-state index is 13.8. The Labute approximate surface area is 238 Å². The molecule has 0 amide bonds. The molecule has 5 rings (SSSR count). The largest absolute Gasteiger partial charge is 0.507 e. The van der Waals surface area contributed by atoms with Crippen LogP contribution in [0.25, 0.3) is 0 Å². The Hall–Kier alpha value is -2.77. The monoisotopic (exact) mass is 596 g/mol. The molecule has 0 radical (unpaired) electrons. The van der Waals surface area contributed by atoms with Gasteiger partial charge in [-0.2, -0.15) is 0 Å². The summed E-state index contributed by atoms with van der Waals surface area (Å²) in [6, 6.07) is 6.42. The van der Waals surface area contributed by atoms with Crippen molar-refractivity contribution in [2.24, 2.45) is 0 Å². The molecule has 2 aromatic rings. The molecule has 42 heavy (non-hydrogen) atoms. The molecule has 2 fully saturated rings. The maximum Gasteiger partial charge on any atom is 0.229 e. The highest BCUT2D eigenvalue weighted by Gasteiger charge is 2.53. The fourth-order valence-corrected chi connectivity index (χ4v) is 5.43. The molecule has 2 saturated heterocycles. The van der Waals surface area contributed by atoms with Gasteiger partial charge in [-0.3, -0.25) is 4.79 Å². The number of hydrogen-bond donors (Lipinski definition) is 10. The third-order valence-corrected chi connectivity index (χ3v) is 7.70. The van der Waals surface area contributed by atoms with E-state index in [1.54, 1.807) is 6.92 Å². The predicted octanol–water partition coefficient (Wildman–Crippen LogP) is -3.57. The summed E-state index contributed by atoms with van der Waals surface area (Å²) in [5.41, 5.74) is -1.01. The van der Waals surface area contributed by atoms with Crippen molar-refractivity contribution in [1.82, 2.24) is 0 Å². The van der Waals surface area contributed by atoms with Gasteiger partial charge in [0.2, 0.25) is 17.9 Å². The van der Waals surface area contributed by atoms with E-state index >= 15 is 0 Å². The summed E-state index contributed by atoms with van der Waals surface area (Å²) in [5, 5.41) is 104. The van der Waals surface area contributed by atoms with Crippen LogP contribution in [0.1, 0.15) is 32.6 Å². The van der Waals surface area contributed by atoms with Crippen LogP contribution < -0.4 is 4.74 Å². The van der Waals surface area contributed by atoms with Gasteiger partial charge in [0.15, 0.2) is 6.29 Å². The van der Waals surface area contributed by atoms with Crippen molar-refractivity contribution < 1.29 is 74.8 Å². The Morgan fingerprint density at radius 1 is 0.786 bits per heavy atom. The highest BCUT2D eigenvalue weighted by Crippen LogP contribution is 2.48. The van der Waals surface area contributed by atoms with Gasteiger partial charge in [-0.15, -0.1) is 0 Å². The van der Waals surface area contributed by atoms with E-state index in [1.165, 1.54) is 30.3 Å². The van der Waals surface area contributed by atoms with Crippen LogP contribution in [0.3, 0.4) is 0 Å². The lowest BCUT2D eigenvalue weighted by atomic mass is 9.78. The van der Waals surface area contributed by atoms with Crippen LogP contribution in [0, 0.1) is 6.92 Å². The summed E-state index contributed by atoms with van der Waals surface area (Å²) >= 11 is 0. The Balaban J connectivity index is 1.63. The van der Waals surface area contributed by atoms with Crippen molar-refractivity contribution in [2.45, 2.75) is 74.1 Å². The Morgan fingerprint density at radius 2 is 1.36 bits per heavy atom. The van der Waals surface area contributed by atoms with Crippen molar-refractivity contribution >= 4 is 5.78 Å². The van der Waals surface area contributed by atoms with Crippen molar-refractivity contribution in [1.29, 1.82) is 0 Å². The van der Waals surface area contributed by atoms with E-state index in [2.05, 4.69) is 0 Å². The topological polar surface area (TPSA) is 256 Å². The summed E-state index contributed by atoms with van der Waals surface area (Å²) < 4.78 is 22.4. The van der Waals surface area contributed by atoms with Crippen LogP contribution in [-0.4, -0.2) is 131 Å². The molecule has 1 aliphatic carbocycles. The molecule has 11 atom stereocenters. The number of ether oxygens (including phenoxy) is 4. The molecule has 2 aliphatic heterocycles. The number of aryl methyl sites for hydroxylation is 1. The molecule has 0 aromatic heterocycles. The molecule has 2 heterocycles. The van der Waals surface area contributed by atoms with E-state index in [1.807, 2.05) is 0 Å². The van der Waals surface area contributed by atoms with E-state index in [-0.39, 0.29) is 16.9 Å². The van der Waals surface area contributed by atoms with Crippen LogP contribution in [0.15, 0.2) is 30.3 Å². The van der Waals surface area contributed by atoms with E-state index in [4.69, 9.17) is 18.9 Å². The predicted molar refractivity (Wildman–Crippen MR) is 135 cm³/mol. The number of phenols is 1. The first-order chi connectivity index (χ1) is 19.8. The minimum Gasteiger partial charge on any atom is -0.507 e. The average Bonchev–Trinajstić information content (AvgIpc) is 2.96. The molecule has 2 aromatic carbocycles. The number of hydrogen-bond acceptors (Lipinski definition) is 15. The quantitative estimate of drug-likeness (QED) is 0.145. The van der Waals surface area contributed by atoms with Gasteiger partial charge < -0.3 is 70.0 Å². The Morgan fingerprint density at radius 3 is 1.95 bits per heavy atom. The van der Waals surface area contributed by atoms with Crippen molar-refractivity contribution in [3.8, 4) is 11.5 Å². The number of aliphatic hydroxyl groups is 9. The fourth-order valence-electron chi connectivity index (χ4n) is 5.43. The lowest BCUT2D eigenvalue weighted by Crippen LogP contribution is -2.61. The minimum absolute atomic E-state index is 0.276. The summed E-state index contributed by atoms with van der Waals surface area (Å²) in [6.45, 7) is 0.0205. The van der Waals surface area contributed by atoms with E-state index in [9.17, 15) is 55.9 Å². The Bertz CT molecular complexity index is 1330. The van der Waals surface area contributed by atoms with E-state index in [0.29, 0.717) is 5.56 Å². The lowest BCUT2D eigenvalue weighted by molar-refractivity contribution is -0.356. The summed E-state index contributed by atoms with van der Waals surface area (Å²) in [7, 11) is 0. The second-order valence-corrected chi connectivity index (χ2v) is 10.5. The van der Waals surface area contributed by atoms with Gasteiger partial charge in [-0.1, -0.05) is 12.1 Å². The molecule has 0 saturated carbocycles. The van der Waals surface area contributed by atoms with Gasteiger partial charge in [0.25, 0.3) is 0 Å². The van der Waals surface area contributed by atoms with Crippen molar-refractivity contribution in [2.75, 3.05) is 13.2 Å². The first-order valence-electron chi connectivity index (χ1n) is 13.0. The molecule has 11 unspecified atom stereocenters. The smallest absolute Gasteiger partial charge is 0.229 e. The summed E-state index contributed by atoms with van der Waals surface area (Å²) in [6.07, 6.45) is -17.2. The fraction of sp³-hybridized carbons (Fsp3) is 0.519. The number of carbonyl (C=O) groups is 1. The molecular weight excluding hydrogens is 564 g/mol. The number of fused-ring (bicyclic) bond motifs is 2. The highest BCUT2D eigenvalue weighted by atomic mass is 16.8. The number of aromatic hydroxyl groups is 1. The van der Waals surface area contributed by atoms with E-state index in [0.717, 1.165) is 0 Å². The highest BCUT2D eigenvalue weighted by molar-refractivity contribution is 6.16. The molecule has 15 nitrogen and oxygen atoms in total. The summed E-state index contributed by atoms with van der Waals surface area (Å²) in [4.78, 5) is 13.8. The van der Waals surface area contributed by atoms with Gasteiger partial charge in [0.05, 0.1) is 24.3 Å².